The minimum Gasteiger partial charge on any atom is -0.497 e. The first kappa shape index (κ1) is 13.0. The fourth-order valence-corrected chi connectivity index (χ4v) is 4.50. The molecular formula is C17H25NO. The lowest BCUT2D eigenvalue weighted by molar-refractivity contribution is 0.150. The van der Waals surface area contributed by atoms with E-state index in [1.165, 1.54) is 44.1 Å². The topological polar surface area (TPSA) is 35.2 Å². The number of aryl methyl sites for hydroxylation is 1. The Morgan fingerprint density at radius 3 is 3.00 bits per heavy atom. The molecule has 0 saturated heterocycles. The molecule has 1 aromatic carbocycles. The number of rotatable bonds is 3. The summed E-state index contributed by atoms with van der Waals surface area (Å²) in [5.74, 6) is 1.84. The molecule has 1 fully saturated rings. The van der Waals surface area contributed by atoms with E-state index in [1.807, 2.05) is 0 Å². The van der Waals surface area contributed by atoms with E-state index < -0.39 is 0 Å². The number of benzene rings is 1. The smallest absolute Gasteiger partial charge is 0.119 e. The molecule has 0 heterocycles. The molecule has 0 aromatic heterocycles. The highest BCUT2D eigenvalue weighted by atomic mass is 16.5. The maximum absolute atomic E-state index is 5.96. The number of fused-ring (bicyclic) bond motifs is 3. The lowest BCUT2D eigenvalue weighted by atomic mass is 9.56. The van der Waals surface area contributed by atoms with Gasteiger partial charge in [0.1, 0.15) is 5.75 Å². The normalized spacial score (nSPS) is 29.5. The molecule has 2 atom stereocenters. The quantitative estimate of drug-likeness (QED) is 0.902. The summed E-state index contributed by atoms with van der Waals surface area (Å²) >= 11 is 0. The van der Waals surface area contributed by atoms with Crippen molar-refractivity contribution in [2.75, 3.05) is 13.7 Å². The molecule has 2 heteroatoms. The molecule has 2 aliphatic rings. The fraction of sp³-hybridized carbons (Fsp3) is 0.647. The number of methoxy groups -OCH3 is 1. The largest absolute Gasteiger partial charge is 0.497 e. The van der Waals surface area contributed by atoms with E-state index in [1.54, 1.807) is 12.7 Å². The van der Waals surface area contributed by atoms with Crippen LogP contribution in [0.3, 0.4) is 0 Å². The summed E-state index contributed by atoms with van der Waals surface area (Å²) in [6.45, 7) is 0.799. The van der Waals surface area contributed by atoms with Crippen LogP contribution >= 0.6 is 0 Å². The molecule has 0 spiro atoms. The number of hydrogen-bond donors (Lipinski definition) is 1. The molecule has 3 rings (SSSR count). The molecule has 0 bridgehead atoms. The summed E-state index contributed by atoms with van der Waals surface area (Å²) in [7, 11) is 1.76. The first-order valence-corrected chi connectivity index (χ1v) is 7.67. The Kier molecular flexibility index (Phi) is 3.53. The molecule has 0 aliphatic heterocycles. The van der Waals surface area contributed by atoms with Gasteiger partial charge < -0.3 is 10.5 Å². The Morgan fingerprint density at radius 2 is 2.21 bits per heavy atom. The van der Waals surface area contributed by atoms with Gasteiger partial charge in [-0.1, -0.05) is 18.9 Å². The van der Waals surface area contributed by atoms with Gasteiger partial charge in [0.05, 0.1) is 7.11 Å². The highest BCUT2D eigenvalue weighted by molar-refractivity contribution is 5.43. The summed E-state index contributed by atoms with van der Waals surface area (Å²) in [6.07, 6.45) is 9.17. The average molecular weight is 259 g/mol. The van der Waals surface area contributed by atoms with Crippen molar-refractivity contribution < 1.29 is 4.74 Å². The predicted octanol–water partition coefficient (Wildman–Crippen LogP) is 3.42. The lowest BCUT2D eigenvalue weighted by Crippen LogP contribution is -2.43. The van der Waals surface area contributed by atoms with E-state index in [9.17, 15) is 0 Å². The van der Waals surface area contributed by atoms with Crippen molar-refractivity contribution >= 4 is 0 Å². The fourth-order valence-electron chi connectivity index (χ4n) is 4.50. The first-order valence-electron chi connectivity index (χ1n) is 7.67. The van der Waals surface area contributed by atoms with E-state index in [0.29, 0.717) is 5.41 Å². The summed E-state index contributed by atoms with van der Waals surface area (Å²) < 4.78 is 5.45. The third-order valence-electron chi connectivity index (χ3n) is 5.41. The van der Waals surface area contributed by atoms with E-state index >= 15 is 0 Å². The van der Waals surface area contributed by atoms with Crippen molar-refractivity contribution in [3.8, 4) is 5.75 Å². The molecule has 1 saturated carbocycles. The van der Waals surface area contributed by atoms with Crippen LogP contribution in [0.15, 0.2) is 18.2 Å². The Bertz CT molecular complexity index is 453. The summed E-state index contributed by atoms with van der Waals surface area (Å²) in [4.78, 5) is 0. The number of ether oxygens (including phenoxy) is 1. The van der Waals surface area contributed by atoms with Crippen LogP contribution in [-0.4, -0.2) is 13.7 Å². The standard InChI is InChI=1S/C17H25NO/c1-19-15-8-6-13-5-7-14-4-2-3-9-17(14,10-11-18)16(13)12-15/h6,8,12,14H,2-5,7,9-11,18H2,1H3. The van der Waals surface area contributed by atoms with Gasteiger partial charge in [0, 0.05) is 0 Å². The first-order chi connectivity index (χ1) is 9.30. The SMILES string of the molecule is COc1ccc2c(c1)C1(CCN)CCCCC1CC2. The van der Waals surface area contributed by atoms with E-state index in [-0.39, 0.29) is 0 Å². The molecule has 1 aromatic rings. The van der Waals surface area contributed by atoms with Crippen molar-refractivity contribution in [2.24, 2.45) is 11.7 Å². The summed E-state index contributed by atoms with van der Waals surface area (Å²) in [5, 5.41) is 0. The Labute approximate surface area is 116 Å². The van der Waals surface area contributed by atoms with Gasteiger partial charge in [0.15, 0.2) is 0 Å². The second-order valence-electron chi connectivity index (χ2n) is 6.20. The molecule has 0 radical (unpaired) electrons. The highest BCUT2D eigenvalue weighted by Gasteiger charge is 2.44. The van der Waals surface area contributed by atoms with Crippen LogP contribution in [0.25, 0.3) is 0 Å². The molecule has 19 heavy (non-hydrogen) atoms. The van der Waals surface area contributed by atoms with Crippen molar-refractivity contribution in [2.45, 2.75) is 50.4 Å². The second-order valence-corrected chi connectivity index (χ2v) is 6.20. The third-order valence-corrected chi connectivity index (χ3v) is 5.41. The zero-order valence-electron chi connectivity index (χ0n) is 12.0. The van der Waals surface area contributed by atoms with Gasteiger partial charge in [0.25, 0.3) is 0 Å². The molecule has 2 N–H and O–H groups in total. The highest BCUT2D eigenvalue weighted by Crippen LogP contribution is 2.52. The molecule has 0 amide bonds. The van der Waals surface area contributed by atoms with Gasteiger partial charge in [0.2, 0.25) is 0 Å². The molecule has 2 aliphatic carbocycles. The van der Waals surface area contributed by atoms with Crippen molar-refractivity contribution in [1.29, 1.82) is 0 Å². The van der Waals surface area contributed by atoms with Crippen molar-refractivity contribution in [3.05, 3.63) is 29.3 Å². The summed E-state index contributed by atoms with van der Waals surface area (Å²) in [6, 6.07) is 6.68. The van der Waals surface area contributed by atoms with Crippen LogP contribution in [0, 0.1) is 5.92 Å². The van der Waals surface area contributed by atoms with Crippen LogP contribution in [-0.2, 0) is 11.8 Å². The van der Waals surface area contributed by atoms with Gasteiger partial charge in [-0.05, 0) is 73.2 Å². The zero-order valence-corrected chi connectivity index (χ0v) is 12.0. The van der Waals surface area contributed by atoms with Crippen LogP contribution in [0.5, 0.6) is 5.75 Å². The Hall–Kier alpha value is -1.02. The van der Waals surface area contributed by atoms with Gasteiger partial charge >= 0.3 is 0 Å². The monoisotopic (exact) mass is 259 g/mol. The molecule has 2 nitrogen and oxygen atoms in total. The van der Waals surface area contributed by atoms with E-state index in [2.05, 4.69) is 18.2 Å². The number of nitrogens with two attached hydrogens (primary N) is 1. The second kappa shape index (κ2) is 5.16. The maximum Gasteiger partial charge on any atom is 0.119 e. The van der Waals surface area contributed by atoms with Gasteiger partial charge in [-0.3, -0.25) is 0 Å². The van der Waals surface area contributed by atoms with Crippen LogP contribution in [0.4, 0.5) is 0 Å². The van der Waals surface area contributed by atoms with E-state index in [4.69, 9.17) is 10.5 Å². The third kappa shape index (κ3) is 2.06. The van der Waals surface area contributed by atoms with Crippen molar-refractivity contribution in [1.82, 2.24) is 0 Å². The van der Waals surface area contributed by atoms with Crippen LogP contribution in [0.2, 0.25) is 0 Å². The van der Waals surface area contributed by atoms with Gasteiger partial charge in [-0.25, -0.2) is 0 Å². The van der Waals surface area contributed by atoms with E-state index in [0.717, 1.165) is 24.6 Å². The maximum atomic E-state index is 5.96. The zero-order chi connectivity index (χ0) is 13.3. The van der Waals surface area contributed by atoms with Crippen LogP contribution < -0.4 is 10.5 Å². The molecule has 104 valence electrons. The minimum absolute atomic E-state index is 0.342. The van der Waals surface area contributed by atoms with Gasteiger partial charge in [-0.15, -0.1) is 0 Å². The minimum atomic E-state index is 0.342. The number of hydrogen-bond acceptors (Lipinski definition) is 2. The average Bonchev–Trinajstić information content (AvgIpc) is 2.47. The molecular weight excluding hydrogens is 234 g/mol. The summed E-state index contributed by atoms with van der Waals surface area (Å²) in [5.41, 5.74) is 9.38. The van der Waals surface area contributed by atoms with Gasteiger partial charge in [-0.2, -0.15) is 0 Å². The van der Waals surface area contributed by atoms with Crippen molar-refractivity contribution in [3.63, 3.8) is 0 Å². The predicted molar refractivity (Wildman–Crippen MR) is 78.6 cm³/mol. The Balaban J connectivity index is 2.09. The molecule has 2 unspecified atom stereocenters. The lowest BCUT2D eigenvalue weighted by Gasteiger charge is -2.49. The Morgan fingerprint density at radius 1 is 1.32 bits per heavy atom. The van der Waals surface area contributed by atoms with Crippen LogP contribution in [0.1, 0.15) is 49.7 Å².